The van der Waals surface area contributed by atoms with Crippen LogP contribution in [0.1, 0.15) is 238 Å². The van der Waals surface area contributed by atoms with Crippen LogP contribution in [0.15, 0.2) is 394 Å². The van der Waals surface area contributed by atoms with Crippen molar-refractivity contribution in [2.75, 3.05) is 0 Å². The Bertz CT molecular complexity index is 6700. The normalized spacial score (nSPS) is 13.0. The number of fused-ring (bicyclic) bond motifs is 3. The summed E-state index contributed by atoms with van der Waals surface area (Å²) >= 11 is 0. The molecule has 18 aromatic rings. The van der Waals surface area contributed by atoms with E-state index in [1.807, 2.05) is 0 Å². The Morgan fingerprint density at radius 2 is 0.310 bits per heavy atom. The van der Waals surface area contributed by atoms with Gasteiger partial charge in [0.1, 0.15) is 0 Å². The predicted octanol–water partition coefficient (Wildman–Crippen LogP) is 40.1. The van der Waals surface area contributed by atoms with Gasteiger partial charge >= 0.3 is 0 Å². The van der Waals surface area contributed by atoms with Gasteiger partial charge in [0, 0.05) is 0 Å². The largest absolute Gasteiger partial charge is 0.0714 e. The minimum absolute atomic E-state index is 0.0476. The first kappa shape index (κ1) is 96.8. The Morgan fingerprint density at radius 1 is 0.134 bits per heavy atom. The SMILES string of the molecule is Cc1cccc2c1-c1c(-c3ccccc3-c3ccccc3)cccc1C2(c1cc(-c2cc(-c3ccc(C(C)(C)C)cc3)cc(-c3ccc(C(C)(C)C)cc3)c2)cc(-c2cc(-c3ccc(C(C)(C)C)cc3)cc(-c3ccc(C(C)(C)C)cc3)c2)c1)c1cc(-c2cc(-c3ccc(C(C)(C)C)cc3)cc(-c3ccc(C(C)(C)C)cc3)c2)cc(-c2cc(-c3ccc(C(C)(C)C)cc3)cc(-c3ccc(C(C)(C)C)cc3)c2)c1. The molecule has 0 aliphatic heterocycles. The van der Waals surface area contributed by atoms with Crippen LogP contribution in [0.4, 0.5) is 0 Å². The summed E-state index contributed by atoms with van der Waals surface area (Å²) in [6.07, 6.45) is 0. The third-order valence-corrected chi connectivity index (χ3v) is 30.2. The van der Waals surface area contributed by atoms with E-state index in [4.69, 9.17) is 0 Å². The Morgan fingerprint density at radius 3 is 0.528 bits per heavy atom. The van der Waals surface area contributed by atoms with Gasteiger partial charge in [0.15, 0.2) is 0 Å². The molecule has 0 radical (unpaired) electrons. The molecule has 0 saturated heterocycles. The first-order chi connectivity index (χ1) is 67.2. The number of benzene rings is 18. The summed E-state index contributed by atoms with van der Waals surface area (Å²) in [4.78, 5) is 0. The maximum atomic E-state index is 2.64. The van der Waals surface area contributed by atoms with E-state index in [1.165, 1.54) is 94.6 Å². The Hall–Kier alpha value is -14.0. The van der Waals surface area contributed by atoms with E-state index in [1.54, 1.807) is 0 Å². The molecule has 0 fully saturated rings. The molecule has 0 N–H and O–H groups in total. The maximum absolute atomic E-state index is 2.64. The lowest BCUT2D eigenvalue weighted by Gasteiger charge is -2.36. The second-order valence-corrected chi connectivity index (χ2v) is 48.8. The molecule has 0 heterocycles. The van der Waals surface area contributed by atoms with Crippen LogP contribution in [0, 0.1) is 6.92 Å². The topological polar surface area (TPSA) is 0 Å². The zero-order valence-corrected chi connectivity index (χ0v) is 88.5. The summed E-state index contributed by atoms with van der Waals surface area (Å²) in [6.45, 7) is 58.0. The van der Waals surface area contributed by atoms with Crippen molar-refractivity contribution in [3.05, 3.63) is 467 Å². The molecule has 0 bridgehead atoms. The Balaban J connectivity index is 0.998. The van der Waals surface area contributed by atoms with Crippen molar-refractivity contribution in [2.45, 2.75) is 222 Å². The fourth-order valence-electron chi connectivity index (χ4n) is 21.4. The van der Waals surface area contributed by atoms with E-state index in [2.05, 4.69) is 567 Å². The first-order valence-electron chi connectivity index (χ1n) is 51.4. The maximum Gasteiger partial charge on any atom is 0.0714 e. The fraction of sp³-hybridized carbons (Fsp3) is 0.239. The van der Waals surface area contributed by atoms with E-state index in [0.29, 0.717) is 0 Å². The predicted molar refractivity (Wildman–Crippen MR) is 614 cm³/mol. The highest BCUT2D eigenvalue weighted by atomic mass is 14.5. The lowest BCUT2D eigenvalue weighted by Crippen LogP contribution is -2.29. The highest BCUT2D eigenvalue weighted by Crippen LogP contribution is 2.62. The van der Waals surface area contributed by atoms with Gasteiger partial charge in [-0.15, -0.1) is 0 Å². The zero-order valence-electron chi connectivity index (χ0n) is 88.5. The number of aryl methyl sites for hydroxylation is 1. The molecule has 0 saturated carbocycles. The average molecular weight is 1850 g/mol. The molecule has 0 spiro atoms. The fourth-order valence-corrected chi connectivity index (χ4v) is 21.4. The van der Waals surface area contributed by atoms with E-state index >= 15 is 0 Å². The van der Waals surface area contributed by atoms with E-state index in [0.717, 1.165) is 145 Å². The summed E-state index contributed by atoms with van der Waals surface area (Å²) in [5.41, 5.74) is 49.4. The molecular formula is C142H140. The molecule has 18 aromatic carbocycles. The van der Waals surface area contributed by atoms with Crippen LogP contribution >= 0.6 is 0 Å². The van der Waals surface area contributed by atoms with Gasteiger partial charge in [-0.1, -0.05) is 451 Å². The molecule has 1 aliphatic carbocycles. The van der Waals surface area contributed by atoms with Gasteiger partial charge in [0.25, 0.3) is 0 Å². The second kappa shape index (κ2) is 36.8. The highest BCUT2D eigenvalue weighted by molar-refractivity contribution is 6.02. The summed E-state index contributed by atoms with van der Waals surface area (Å²) in [5.74, 6) is 0. The smallest absolute Gasteiger partial charge is 0.0622 e. The van der Waals surface area contributed by atoms with Gasteiger partial charge in [0.05, 0.1) is 5.41 Å². The summed E-state index contributed by atoms with van der Waals surface area (Å²) in [5, 5.41) is 0. The number of hydrogen-bond donors (Lipinski definition) is 0. The molecule has 0 amide bonds. The van der Waals surface area contributed by atoms with E-state index < -0.39 is 5.41 Å². The Kier molecular flexibility index (Phi) is 25.1. The van der Waals surface area contributed by atoms with E-state index in [9.17, 15) is 0 Å². The van der Waals surface area contributed by atoms with Crippen LogP contribution in [0.25, 0.3) is 167 Å². The molecule has 0 atom stereocenters. The van der Waals surface area contributed by atoms with Gasteiger partial charge in [-0.2, -0.15) is 0 Å². The average Bonchev–Trinajstić information content (AvgIpc) is 1.66. The van der Waals surface area contributed by atoms with Crippen molar-refractivity contribution < 1.29 is 0 Å². The number of hydrogen-bond acceptors (Lipinski definition) is 0. The van der Waals surface area contributed by atoms with Crippen molar-refractivity contribution in [3.63, 3.8) is 0 Å². The van der Waals surface area contributed by atoms with E-state index in [-0.39, 0.29) is 43.3 Å². The summed E-state index contributed by atoms with van der Waals surface area (Å²) in [7, 11) is 0. The van der Waals surface area contributed by atoms with Crippen LogP contribution < -0.4 is 0 Å². The third-order valence-electron chi connectivity index (χ3n) is 30.2. The molecule has 1 aliphatic rings. The van der Waals surface area contributed by atoms with Crippen molar-refractivity contribution >= 4 is 0 Å². The van der Waals surface area contributed by atoms with Crippen molar-refractivity contribution in [1.29, 1.82) is 0 Å². The third kappa shape index (κ3) is 19.6. The lowest BCUT2D eigenvalue weighted by molar-refractivity contribution is 0.590. The molecule has 19 rings (SSSR count). The van der Waals surface area contributed by atoms with Gasteiger partial charge in [-0.25, -0.2) is 0 Å². The minimum Gasteiger partial charge on any atom is -0.0622 e. The second-order valence-electron chi connectivity index (χ2n) is 48.8. The molecular weight excluding hydrogens is 1710 g/mol. The quantitative estimate of drug-likeness (QED) is 0.0904. The van der Waals surface area contributed by atoms with Crippen LogP contribution in [0.3, 0.4) is 0 Å². The zero-order chi connectivity index (χ0) is 100. The summed E-state index contributed by atoms with van der Waals surface area (Å²) in [6, 6.07) is 156. The molecule has 0 nitrogen and oxygen atoms in total. The lowest BCUT2D eigenvalue weighted by atomic mass is 9.65. The van der Waals surface area contributed by atoms with Crippen molar-refractivity contribution in [3.8, 4) is 167 Å². The molecule has 0 unspecified atom stereocenters. The van der Waals surface area contributed by atoms with Gasteiger partial charge < -0.3 is 0 Å². The van der Waals surface area contributed by atoms with Crippen LogP contribution in [-0.4, -0.2) is 0 Å². The van der Waals surface area contributed by atoms with Gasteiger partial charge in [0.2, 0.25) is 0 Å². The number of rotatable bonds is 16. The van der Waals surface area contributed by atoms with Crippen LogP contribution in [0.2, 0.25) is 0 Å². The molecule has 0 heteroatoms. The van der Waals surface area contributed by atoms with Gasteiger partial charge in [-0.05, 0) is 399 Å². The minimum atomic E-state index is -1.11. The molecule has 708 valence electrons. The first-order valence-corrected chi connectivity index (χ1v) is 51.4. The van der Waals surface area contributed by atoms with Crippen LogP contribution in [-0.2, 0) is 48.7 Å². The summed E-state index contributed by atoms with van der Waals surface area (Å²) < 4.78 is 0. The van der Waals surface area contributed by atoms with Crippen LogP contribution in [0.5, 0.6) is 0 Å². The standard InChI is InChI=1S/C142H140/c1-91-33-31-39-130-132(91)133-129(128-37-30-29-36-127(128)100-34-27-26-28-35-100)38-32-40-131(133)142(130,125-87-113(109-77-101(92-41-57-117(58-42-92)134(2,3)4)73-102(78-109)93-43-59-118(60-44-93)135(5,6)7)85-114(88-125)110-79-103(94-45-61-119(62-46-94)136(8,9)10)74-104(80-110)95-47-63-120(64-48-95)137(11,12)13)126-89-115(111-81-105(96-49-65-121(66-50-96)138(14,15)16)75-106(82-111)97-51-67-122(68-52-97)139(17,18)19)86-116(90-126)112-83-107(98-53-69-123(70-54-98)140(20,21)22)76-108(84-112)99-55-71-124(72-56-99)141(23,24)25/h26-90H,1-25H3. The van der Waals surface area contributed by atoms with Crippen molar-refractivity contribution in [2.24, 2.45) is 0 Å². The highest BCUT2D eigenvalue weighted by Gasteiger charge is 2.49. The van der Waals surface area contributed by atoms with Gasteiger partial charge in [-0.3, -0.25) is 0 Å². The molecule has 142 heavy (non-hydrogen) atoms. The Labute approximate surface area is 849 Å². The van der Waals surface area contributed by atoms with Crippen molar-refractivity contribution in [1.82, 2.24) is 0 Å². The monoisotopic (exact) mass is 1850 g/mol. The molecule has 0 aromatic heterocycles.